The molecule has 6 nitrogen and oxygen atoms in total. The second kappa shape index (κ2) is 5.97. The summed E-state index contributed by atoms with van der Waals surface area (Å²) in [7, 11) is 0. The number of carbonyl (C=O) groups is 1. The fourth-order valence-corrected chi connectivity index (χ4v) is 3.18. The van der Waals surface area contributed by atoms with Crippen molar-refractivity contribution in [3.63, 3.8) is 0 Å². The van der Waals surface area contributed by atoms with Crippen molar-refractivity contribution in [3.05, 3.63) is 29.0 Å². The molecule has 21 heavy (non-hydrogen) atoms. The first-order valence-electron chi connectivity index (χ1n) is 6.71. The Morgan fingerprint density at radius 1 is 1.62 bits per heavy atom. The molecule has 1 aliphatic rings. The van der Waals surface area contributed by atoms with Gasteiger partial charge in [0.05, 0.1) is 32.1 Å². The Morgan fingerprint density at radius 3 is 3.19 bits per heavy atom. The third-order valence-electron chi connectivity index (χ3n) is 3.43. The lowest BCUT2D eigenvalue weighted by Gasteiger charge is -2.34. The van der Waals surface area contributed by atoms with Crippen LogP contribution in [0, 0.1) is 6.92 Å². The van der Waals surface area contributed by atoms with Gasteiger partial charge < -0.3 is 19.2 Å². The van der Waals surface area contributed by atoms with Crippen LogP contribution in [-0.4, -0.2) is 53.3 Å². The molecule has 1 saturated heterocycles. The lowest BCUT2D eigenvalue weighted by Crippen LogP contribution is -2.50. The van der Waals surface area contributed by atoms with Gasteiger partial charge in [-0.1, -0.05) is 0 Å². The number of amides is 1. The number of aryl methyl sites for hydroxylation is 1. The van der Waals surface area contributed by atoms with E-state index < -0.39 is 0 Å². The van der Waals surface area contributed by atoms with E-state index in [0.717, 1.165) is 4.88 Å². The van der Waals surface area contributed by atoms with Gasteiger partial charge in [-0.3, -0.25) is 4.79 Å². The normalized spacial score (nSPS) is 19.0. The van der Waals surface area contributed by atoms with E-state index in [4.69, 9.17) is 9.15 Å². The first-order valence-corrected chi connectivity index (χ1v) is 7.53. The molecule has 7 heteroatoms. The number of nitrogens with zero attached hydrogens (tertiary/aromatic N) is 2. The van der Waals surface area contributed by atoms with E-state index in [1.54, 1.807) is 17.2 Å². The van der Waals surface area contributed by atoms with Crippen molar-refractivity contribution in [2.75, 3.05) is 26.4 Å². The van der Waals surface area contributed by atoms with Crippen LogP contribution in [0.4, 0.5) is 0 Å². The number of aliphatic hydroxyl groups is 1. The van der Waals surface area contributed by atoms with Gasteiger partial charge >= 0.3 is 0 Å². The van der Waals surface area contributed by atoms with Crippen LogP contribution in [0.1, 0.15) is 15.4 Å². The van der Waals surface area contributed by atoms with Gasteiger partial charge in [-0.05, 0) is 19.1 Å². The lowest BCUT2D eigenvalue weighted by atomic mass is 10.2. The quantitative estimate of drug-likeness (QED) is 0.931. The number of thiazole rings is 1. The van der Waals surface area contributed by atoms with E-state index in [-0.39, 0.29) is 18.6 Å². The number of carbonyl (C=O) groups excluding carboxylic acids is 1. The van der Waals surface area contributed by atoms with Crippen LogP contribution in [0.25, 0.3) is 10.8 Å². The van der Waals surface area contributed by atoms with Gasteiger partial charge in [-0.15, -0.1) is 11.3 Å². The highest BCUT2D eigenvalue weighted by molar-refractivity contribution is 7.15. The van der Waals surface area contributed by atoms with Crippen LogP contribution < -0.4 is 0 Å². The third-order valence-corrected chi connectivity index (χ3v) is 4.42. The minimum absolute atomic E-state index is 0.111. The zero-order valence-corrected chi connectivity index (χ0v) is 12.4. The standard InChI is InChI=1S/C14H16N2O4S/c1-9-12(15-13(21-9)11-3-2-5-20-11)14(18)16-4-6-19-8-10(16)7-17/h2-3,5,10,17H,4,6-8H2,1H3. The van der Waals surface area contributed by atoms with Crippen molar-refractivity contribution >= 4 is 17.2 Å². The average molecular weight is 308 g/mol. The molecular formula is C14H16N2O4S. The number of morpholine rings is 1. The Hall–Kier alpha value is -1.70. The maximum Gasteiger partial charge on any atom is 0.274 e. The Labute approximate surface area is 126 Å². The summed E-state index contributed by atoms with van der Waals surface area (Å²) >= 11 is 1.43. The molecule has 112 valence electrons. The van der Waals surface area contributed by atoms with Gasteiger partial charge in [0, 0.05) is 11.4 Å². The van der Waals surface area contributed by atoms with E-state index in [1.165, 1.54) is 11.3 Å². The fourth-order valence-electron chi connectivity index (χ4n) is 2.31. The molecule has 0 saturated carbocycles. The number of rotatable bonds is 3. The predicted octanol–water partition coefficient (Wildman–Crippen LogP) is 1.54. The molecule has 3 heterocycles. The molecule has 0 bridgehead atoms. The maximum absolute atomic E-state index is 12.6. The predicted molar refractivity (Wildman–Crippen MR) is 77.3 cm³/mol. The van der Waals surface area contributed by atoms with E-state index in [0.29, 0.717) is 36.2 Å². The molecule has 2 aromatic heterocycles. The van der Waals surface area contributed by atoms with Gasteiger partial charge in [-0.25, -0.2) is 4.98 Å². The maximum atomic E-state index is 12.6. The number of aliphatic hydroxyl groups excluding tert-OH is 1. The highest BCUT2D eigenvalue weighted by atomic mass is 32.1. The summed E-state index contributed by atoms with van der Waals surface area (Å²) in [4.78, 5) is 19.5. The van der Waals surface area contributed by atoms with Gasteiger partial charge in [0.15, 0.2) is 10.8 Å². The van der Waals surface area contributed by atoms with Gasteiger partial charge in [0.25, 0.3) is 5.91 Å². The molecule has 0 spiro atoms. The minimum Gasteiger partial charge on any atom is -0.462 e. The molecule has 1 atom stereocenters. The van der Waals surface area contributed by atoms with Crippen molar-refractivity contribution < 1.29 is 19.1 Å². The van der Waals surface area contributed by atoms with Gasteiger partial charge in [0.1, 0.15) is 5.69 Å². The Morgan fingerprint density at radius 2 is 2.48 bits per heavy atom. The average Bonchev–Trinajstić information content (AvgIpc) is 3.15. The topological polar surface area (TPSA) is 75.8 Å². The Bertz CT molecular complexity index is 623. The summed E-state index contributed by atoms with van der Waals surface area (Å²) in [6.07, 6.45) is 1.58. The summed E-state index contributed by atoms with van der Waals surface area (Å²) in [6, 6.07) is 3.30. The van der Waals surface area contributed by atoms with Crippen LogP contribution in [0.5, 0.6) is 0 Å². The van der Waals surface area contributed by atoms with Crippen molar-refractivity contribution in [3.8, 4) is 10.8 Å². The minimum atomic E-state index is -0.306. The third kappa shape index (κ3) is 2.72. The molecule has 1 N–H and O–H groups in total. The van der Waals surface area contributed by atoms with E-state index in [2.05, 4.69) is 4.98 Å². The zero-order valence-electron chi connectivity index (χ0n) is 11.6. The second-order valence-electron chi connectivity index (χ2n) is 4.81. The highest BCUT2D eigenvalue weighted by Gasteiger charge is 2.30. The van der Waals surface area contributed by atoms with Crippen LogP contribution in [0.2, 0.25) is 0 Å². The first kappa shape index (κ1) is 14.2. The number of hydrogen-bond donors (Lipinski definition) is 1. The van der Waals surface area contributed by atoms with Gasteiger partial charge in [0.2, 0.25) is 0 Å². The van der Waals surface area contributed by atoms with Crippen molar-refractivity contribution in [1.82, 2.24) is 9.88 Å². The smallest absolute Gasteiger partial charge is 0.274 e. The SMILES string of the molecule is Cc1sc(-c2ccco2)nc1C(=O)N1CCOCC1CO. The number of hydrogen-bond acceptors (Lipinski definition) is 6. The van der Waals surface area contributed by atoms with Crippen LogP contribution in [0.3, 0.4) is 0 Å². The van der Waals surface area contributed by atoms with Crippen molar-refractivity contribution in [2.24, 2.45) is 0 Å². The van der Waals surface area contributed by atoms with Gasteiger partial charge in [-0.2, -0.15) is 0 Å². The van der Waals surface area contributed by atoms with Crippen molar-refractivity contribution in [1.29, 1.82) is 0 Å². The molecule has 1 fully saturated rings. The van der Waals surface area contributed by atoms with E-state index >= 15 is 0 Å². The molecular weight excluding hydrogens is 292 g/mol. The molecule has 2 aromatic rings. The van der Waals surface area contributed by atoms with Crippen LogP contribution in [0.15, 0.2) is 22.8 Å². The Balaban J connectivity index is 1.87. The first-order chi connectivity index (χ1) is 10.2. The van der Waals surface area contributed by atoms with Crippen LogP contribution in [-0.2, 0) is 4.74 Å². The zero-order chi connectivity index (χ0) is 14.8. The molecule has 1 unspecified atom stereocenters. The molecule has 0 aromatic carbocycles. The fraction of sp³-hybridized carbons (Fsp3) is 0.429. The number of ether oxygens (including phenoxy) is 1. The highest BCUT2D eigenvalue weighted by Crippen LogP contribution is 2.29. The lowest BCUT2D eigenvalue weighted by molar-refractivity contribution is -0.0186. The van der Waals surface area contributed by atoms with Crippen LogP contribution >= 0.6 is 11.3 Å². The van der Waals surface area contributed by atoms with Crippen molar-refractivity contribution in [2.45, 2.75) is 13.0 Å². The molecule has 0 aliphatic carbocycles. The molecule has 1 aliphatic heterocycles. The molecule has 1 amide bonds. The number of aromatic nitrogens is 1. The Kier molecular flexibility index (Phi) is 4.05. The summed E-state index contributed by atoms with van der Waals surface area (Å²) in [5.74, 6) is 0.492. The van der Waals surface area contributed by atoms with E-state index in [9.17, 15) is 9.90 Å². The summed E-state index contributed by atoms with van der Waals surface area (Å²) in [5, 5.41) is 10.1. The summed E-state index contributed by atoms with van der Waals surface area (Å²) < 4.78 is 10.6. The summed E-state index contributed by atoms with van der Waals surface area (Å²) in [5.41, 5.74) is 0.423. The van der Waals surface area contributed by atoms with E-state index in [1.807, 2.05) is 13.0 Å². The molecule has 3 rings (SSSR count). The largest absolute Gasteiger partial charge is 0.462 e. The number of furan rings is 1. The summed E-state index contributed by atoms with van der Waals surface area (Å²) in [6.45, 7) is 3.07. The monoisotopic (exact) mass is 308 g/mol. The molecule has 0 radical (unpaired) electrons. The second-order valence-corrected chi connectivity index (χ2v) is 6.01.